The summed E-state index contributed by atoms with van der Waals surface area (Å²) in [5.41, 5.74) is 0.342. The highest BCUT2D eigenvalue weighted by atomic mass is 32.1. The first-order chi connectivity index (χ1) is 14.1. The molecule has 1 aliphatic rings. The van der Waals surface area contributed by atoms with E-state index in [4.69, 9.17) is 9.47 Å². The van der Waals surface area contributed by atoms with Gasteiger partial charge in [-0.05, 0) is 43.3 Å². The molecule has 1 N–H and O–H groups in total. The maximum absolute atomic E-state index is 12.5. The number of carbonyl (C=O) groups is 3. The Labute approximate surface area is 173 Å². The number of amides is 2. The molecule has 0 aliphatic carbocycles. The Bertz CT molecular complexity index is 853. The van der Waals surface area contributed by atoms with E-state index < -0.39 is 11.9 Å². The Kier molecular flexibility index (Phi) is 7.24. The van der Waals surface area contributed by atoms with Crippen molar-refractivity contribution < 1.29 is 23.9 Å². The second-order valence-corrected chi connectivity index (χ2v) is 7.51. The maximum atomic E-state index is 12.5. The fourth-order valence-electron chi connectivity index (χ4n) is 3.30. The van der Waals surface area contributed by atoms with Gasteiger partial charge < -0.3 is 19.7 Å². The van der Waals surface area contributed by atoms with Gasteiger partial charge in [0.15, 0.2) is 6.61 Å². The van der Waals surface area contributed by atoms with Crippen LogP contribution in [0, 0.1) is 0 Å². The van der Waals surface area contributed by atoms with E-state index in [2.05, 4.69) is 5.32 Å². The van der Waals surface area contributed by atoms with Crippen molar-refractivity contribution in [3.05, 3.63) is 52.2 Å². The first-order valence-electron chi connectivity index (χ1n) is 9.58. The average molecular weight is 416 g/mol. The molecular formula is C21H24N2O5S. The fraction of sp³-hybridized carbons (Fsp3) is 0.381. The molecule has 29 heavy (non-hydrogen) atoms. The molecule has 154 valence electrons. The van der Waals surface area contributed by atoms with Crippen molar-refractivity contribution in [2.24, 2.45) is 0 Å². The molecule has 2 amide bonds. The minimum Gasteiger partial charge on any atom is -0.493 e. The topological polar surface area (TPSA) is 84.9 Å². The molecule has 0 saturated carbocycles. The van der Waals surface area contributed by atoms with E-state index >= 15 is 0 Å². The Balaban J connectivity index is 1.46. The van der Waals surface area contributed by atoms with E-state index in [9.17, 15) is 14.4 Å². The van der Waals surface area contributed by atoms with Gasteiger partial charge in [-0.1, -0.05) is 18.2 Å². The van der Waals surface area contributed by atoms with Gasteiger partial charge in [-0.3, -0.25) is 14.4 Å². The minimum absolute atomic E-state index is 0.0518. The molecule has 1 aromatic carbocycles. The highest BCUT2D eigenvalue weighted by Crippen LogP contribution is 2.34. The van der Waals surface area contributed by atoms with Crippen molar-refractivity contribution in [2.75, 3.05) is 26.3 Å². The molecule has 0 spiro atoms. The van der Waals surface area contributed by atoms with Crippen molar-refractivity contribution in [3.8, 4) is 5.75 Å². The Morgan fingerprint density at radius 2 is 2.03 bits per heavy atom. The summed E-state index contributed by atoms with van der Waals surface area (Å²) >= 11 is 1.62. The summed E-state index contributed by atoms with van der Waals surface area (Å²) < 4.78 is 10.5. The van der Waals surface area contributed by atoms with Gasteiger partial charge in [-0.25, -0.2) is 0 Å². The number of likely N-dealkylation sites (tertiary alicyclic amines) is 1. The Hall–Kier alpha value is -2.87. The zero-order chi connectivity index (χ0) is 20.6. The predicted octanol–water partition coefficient (Wildman–Crippen LogP) is 2.78. The van der Waals surface area contributed by atoms with Gasteiger partial charge in [-0.2, -0.15) is 0 Å². The van der Waals surface area contributed by atoms with Gasteiger partial charge in [0, 0.05) is 11.4 Å². The lowest BCUT2D eigenvalue weighted by molar-refractivity contribution is -0.151. The first kappa shape index (κ1) is 20.9. The number of hydrogen-bond acceptors (Lipinski definition) is 6. The molecule has 3 rings (SSSR count). The van der Waals surface area contributed by atoms with Gasteiger partial charge >= 0.3 is 5.97 Å². The number of para-hydroxylation sites is 1. The molecule has 2 aromatic rings. The number of esters is 1. The average Bonchev–Trinajstić information content (AvgIpc) is 3.42. The SMILES string of the molecule is CCOc1ccccc1C(=O)NCC(=O)OCC(=O)N1CCCC1c1cccs1. The third kappa shape index (κ3) is 5.35. The minimum atomic E-state index is -0.660. The molecule has 7 nitrogen and oxygen atoms in total. The monoisotopic (exact) mass is 416 g/mol. The number of nitrogens with zero attached hydrogens (tertiary/aromatic N) is 1. The van der Waals surface area contributed by atoms with E-state index in [0.717, 1.165) is 17.7 Å². The lowest BCUT2D eigenvalue weighted by Gasteiger charge is -2.23. The molecule has 1 aromatic heterocycles. The van der Waals surface area contributed by atoms with Crippen LogP contribution in [0.1, 0.15) is 41.0 Å². The quantitative estimate of drug-likeness (QED) is 0.669. The zero-order valence-electron chi connectivity index (χ0n) is 16.3. The summed E-state index contributed by atoms with van der Waals surface area (Å²) in [6, 6.07) is 10.8. The molecule has 8 heteroatoms. The van der Waals surface area contributed by atoms with Crippen molar-refractivity contribution in [2.45, 2.75) is 25.8 Å². The van der Waals surface area contributed by atoms with Crippen LogP contribution in [0.4, 0.5) is 0 Å². The Morgan fingerprint density at radius 1 is 1.21 bits per heavy atom. The molecular weight excluding hydrogens is 392 g/mol. The third-order valence-electron chi connectivity index (χ3n) is 4.63. The van der Waals surface area contributed by atoms with E-state index in [1.165, 1.54) is 0 Å². The lowest BCUT2D eigenvalue weighted by atomic mass is 10.2. The number of nitrogens with one attached hydrogen (secondary N) is 1. The van der Waals surface area contributed by atoms with Gasteiger partial charge in [0.2, 0.25) is 0 Å². The van der Waals surface area contributed by atoms with Gasteiger partial charge in [0.25, 0.3) is 11.8 Å². The van der Waals surface area contributed by atoms with E-state index in [1.54, 1.807) is 40.5 Å². The van der Waals surface area contributed by atoms with Crippen LogP contribution >= 0.6 is 11.3 Å². The standard InChI is InChI=1S/C21H24N2O5S/c1-2-27-17-9-4-3-7-15(17)21(26)22-13-20(25)28-14-19(24)23-11-5-8-16(23)18-10-6-12-29-18/h3-4,6-7,9-10,12,16H,2,5,8,11,13-14H2,1H3,(H,22,26). The second-order valence-electron chi connectivity index (χ2n) is 6.53. The van der Waals surface area contributed by atoms with Crippen LogP contribution in [0.15, 0.2) is 41.8 Å². The zero-order valence-corrected chi connectivity index (χ0v) is 17.1. The van der Waals surface area contributed by atoms with Crippen LogP contribution in [-0.2, 0) is 14.3 Å². The molecule has 1 saturated heterocycles. The lowest BCUT2D eigenvalue weighted by Crippen LogP contribution is -2.36. The molecule has 2 heterocycles. The highest BCUT2D eigenvalue weighted by molar-refractivity contribution is 7.10. The number of ether oxygens (including phenoxy) is 2. The number of thiophene rings is 1. The predicted molar refractivity (Wildman–Crippen MR) is 109 cm³/mol. The summed E-state index contributed by atoms with van der Waals surface area (Å²) in [4.78, 5) is 39.7. The smallest absolute Gasteiger partial charge is 0.325 e. The van der Waals surface area contributed by atoms with Crippen molar-refractivity contribution in [1.29, 1.82) is 0 Å². The third-order valence-corrected chi connectivity index (χ3v) is 5.60. The molecule has 1 atom stereocenters. The van der Waals surface area contributed by atoms with E-state index in [0.29, 0.717) is 24.5 Å². The van der Waals surface area contributed by atoms with Crippen LogP contribution in [0.5, 0.6) is 5.75 Å². The molecule has 1 unspecified atom stereocenters. The molecule has 1 aliphatic heterocycles. The van der Waals surface area contributed by atoms with E-state index in [-0.39, 0.29) is 25.1 Å². The largest absolute Gasteiger partial charge is 0.493 e. The van der Waals surface area contributed by atoms with Gasteiger partial charge in [0.05, 0.1) is 18.2 Å². The summed E-state index contributed by atoms with van der Waals surface area (Å²) in [5.74, 6) is -0.867. The number of hydrogen-bond donors (Lipinski definition) is 1. The van der Waals surface area contributed by atoms with Crippen molar-refractivity contribution in [1.82, 2.24) is 10.2 Å². The van der Waals surface area contributed by atoms with Crippen LogP contribution in [0.2, 0.25) is 0 Å². The van der Waals surface area contributed by atoms with Crippen LogP contribution in [-0.4, -0.2) is 49.0 Å². The maximum Gasteiger partial charge on any atom is 0.325 e. The highest BCUT2D eigenvalue weighted by Gasteiger charge is 2.31. The summed E-state index contributed by atoms with van der Waals surface area (Å²) in [7, 11) is 0. The van der Waals surface area contributed by atoms with Gasteiger partial charge in [-0.15, -0.1) is 11.3 Å². The molecule has 0 bridgehead atoms. The van der Waals surface area contributed by atoms with Crippen LogP contribution < -0.4 is 10.1 Å². The summed E-state index contributed by atoms with van der Waals surface area (Å²) in [5, 5.41) is 4.49. The fourth-order valence-corrected chi connectivity index (χ4v) is 4.17. The van der Waals surface area contributed by atoms with Crippen LogP contribution in [0.3, 0.4) is 0 Å². The summed E-state index contributed by atoms with van der Waals surface area (Å²) in [6.45, 7) is 2.26. The van der Waals surface area contributed by atoms with Gasteiger partial charge in [0.1, 0.15) is 12.3 Å². The molecule has 1 fully saturated rings. The van der Waals surface area contributed by atoms with E-state index in [1.807, 2.05) is 24.4 Å². The number of carbonyl (C=O) groups excluding carboxylic acids is 3. The summed E-state index contributed by atoms with van der Waals surface area (Å²) in [6.07, 6.45) is 1.84. The first-order valence-corrected chi connectivity index (χ1v) is 10.5. The van der Waals surface area contributed by atoms with Crippen molar-refractivity contribution >= 4 is 29.1 Å². The van der Waals surface area contributed by atoms with Crippen LogP contribution in [0.25, 0.3) is 0 Å². The number of rotatable bonds is 8. The Morgan fingerprint density at radius 3 is 2.79 bits per heavy atom. The normalized spacial score (nSPS) is 15.8. The molecule has 0 radical (unpaired) electrons. The van der Waals surface area contributed by atoms with Crippen molar-refractivity contribution in [3.63, 3.8) is 0 Å². The second kappa shape index (κ2) is 10.1. The number of benzene rings is 1.